The number of carboxylic acid groups (broad SMARTS) is 3. The van der Waals surface area contributed by atoms with Gasteiger partial charge in [0.05, 0.1) is 15.7 Å². The van der Waals surface area contributed by atoms with Gasteiger partial charge in [-0.2, -0.15) is 17.6 Å². The highest BCUT2D eigenvalue weighted by Crippen LogP contribution is 2.51. The number of nitrogens with zero attached hydrogens (tertiary/aromatic N) is 3. The molecule has 18 nitrogen and oxygen atoms in total. The fourth-order valence-corrected chi connectivity index (χ4v) is 12.8. The summed E-state index contributed by atoms with van der Waals surface area (Å²) in [5, 5.41) is 33.8. The van der Waals surface area contributed by atoms with Crippen molar-refractivity contribution in [3.63, 3.8) is 0 Å². The number of hydrogen-bond donors (Lipinski definition) is 4. The molecule has 3 aliphatic rings. The van der Waals surface area contributed by atoms with Crippen LogP contribution in [0.3, 0.4) is 0 Å². The van der Waals surface area contributed by atoms with Crippen LogP contribution >= 0.6 is 15.9 Å². The molecule has 3 aliphatic heterocycles. The molecule has 3 heterocycles. The van der Waals surface area contributed by atoms with Gasteiger partial charge in [0.25, 0.3) is 10.1 Å². The highest BCUT2D eigenvalue weighted by molar-refractivity contribution is 9.09. The van der Waals surface area contributed by atoms with Crippen molar-refractivity contribution in [2.75, 3.05) is 29.9 Å². The summed E-state index contributed by atoms with van der Waals surface area (Å²) < 4.78 is 88.6. The molecule has 0 saturated heterocycles. The number of unbranched alkanes of at least 4 members (excludes halogenated alkanes) is 3. The summed E-state index contributed by atoms with van der Waals surface area (Å²) in [6.45, 7) is 20.3. The van der Waals surface area contributed by atoms with Crippen molar-refractivity contribution >= 4 is 126 Å². The predicted molar refractivity (Wildman–Crippen MR) is 359 cm³/mol. The number of rotatable bonds is 20. The Hall–Kier alpha value is -7.76. The van der Waals surface area contributed by atoms with Crippen LogP contribution < -0.4 is 4.90 Å². The normalized spacial score (nSPS) is 15.3. The second-order valence-electron chi connectivity index (χ2n) is 22.9. The Morgan fingerprint density at radius 3 is 1.52 bits per heavy atom. The molecule has 0 fully saturated rings. The first-order valence-electron chi connectivity index (χ1n) is 29.0. The van der Waals surface area contributed by atoms with E-state index in [1.165, 1.54) is 67.6 Å². The Bertz CT molecular complexity index is 4150. The number of benzene rings is 6. The highest BCUT2D eigenvalue weighted by Gasteiger charge is 2.46. The molecule has 90 heavy (non-hydrogen) atoms. The van der Waals surface area contributed by atoms with E-state index in [1.807, 2.05) is 36.4 Å². The molecule has 0 radical (unpaired) electrons. The Labute approximate surface area is 539 Å². The van der Waals surface area contributed by atoms with Crippen molar-refractivity contribution in [2.45, 2.75) is 142 Å². The molecule has 22 heteroatoms. The van der Waals surface area contributed by atoms with Crippen LogP contribution in [0.5, 0.6) is 0 Å². The number of halogens is 1. The Balaban J connectivity index is 0.000000354. The second-order valence-corrected chi connectivity index (χ2v) is 25.9. The van der Waals surface area contributed by atoms with E-state index in [0.717, 1.165) is 71.8 Å². The van der Waals surface area contributed by atoms with Crippen LogP contribution in [-0.4, -0.2) is 117 Å². The molecule has 0 aromatic heterocycles. The molecule has 6 aromatic carbocycles. The average molecular weight is 1360 g/mol. The average Bonchev–Trinajstić information content (AvgIpc) is 1.58. The van der Waals surface area contributed by atoms with Gasteiger partial charge >= 0.3 is 39.1 Å². The van der Waals surface area contributed by atoms with Gasteiger partial charge in [0, 0.05) is 97.0 Å². The number of alkyl halides is 1. The zero-order valence-corrected chi connectivity index (χ0v) is 55.3. The van der Waals surface area contributed by atoms with Crippen molar-refractivity contribution in [2.24, 2.45) is 0 Å². The molecule has 4 N–H and O–H groups in total. The van der Waals surface area contributed by atoms with Gasteiger partial charge < -0.3 is 20.2 Å². The molecular weight excluding hydrogens is 1270 g/mol. The van der Waals surface area contributed by atoms with Gasteiger partial charge in [0.15, 0.2) is 11.4 Å². The number of hydrogen-bond acceptors (Lipinski definition) is 12. The Morgan fingerprint density at radius 2 is 1.00 bits per heavy atom. The summed E-state index contributed by atoms with van der Waals surface area (Å²) in [5.41, 5.74) is 10.5. The van der Waals surface area contributed by atoms with Crippen LogP contribution in [0.4, 0.5) is 17.1 Å². The van der Waals surface area contributed by atoms with E-state index in [4.69, 9.17) is 35.5 Å². The molecule has 0 bridgehead atoms. The lowest BCUT2D eigenvalue weighted by Crippen LogP contribution is -2.28. The second kappa shape index (κ2) is 33.3. The van der Waals surface area contributed by atoms with Crippen molar-refractivity contribution in [1.29, 1.82) is 0 Å². The van der Waals surface area contributed by atoms with Gasteiger partial charge in [-0.05, 0) is 135 Å². The first kappa shape index (κ1) is 74.7. The molecule has 6 aromatic rings. The van der Waals surface area contributed by atoms with Crippen LogP contribution in [0.2, 0.25) is 0 Å². The lowest BCUT2D eigenvalue weighted by atomic mass is 9.79. The maximum atomic E-state index is 11.8. The van der Waals surface area contributed by atoms with E-state index in [2.05, 4.69) is 176 Å². The zero-order valence-electron chi connectivity index (χ0n) is 51.3. The SMILES string of the molecule is C.CC1=[N+](CCCCC(=O)O)c2ccc3ccccc3c2C1(C)C.CCN1/C(=C/C=C/C=C/C=C/C2=[N+](CCCCC(=O)O)c3ccc4cc(S(=O)(=O)O)ccc4c3C2(C)C)C(C)(C)c2c1ccc1ccccc21.O=C(O)CCCCBr.O=S(=O)=O.O=S(=O)=O. The van der Waals surface area contributed by atoms with E-state index in [0.29, 0.717) is 25.8 Å². The molecule has 482 valence electrons. The summed E-state index contributed by atoms with van der Waals surface area (Å²) in [6, 6.07) is 34.6. The summed E-state index contributed by atoms with van der Waals surface area (Å²) in [7, 11) is -10.6. The maximum Gasteiger partial charge on any atom is 0.425 e. The number of allylic oxidation sites excluding steroid dienone is 8. The number of carbonyl (C=O) groups is 3. The largest absolute Gasteiger partial charge is 0.481 e. The number of likely N-dealkylation sites (N-methyl/N-ethyl adjacent to an activating group) is 1. The standard InChI is InChI=1S/C42H44N2O5S.C20H23NO2.C5H9BrO2.CH4.2O3S/c1-6-43-34-25-21-29-16-12-13-17-32(29)39(34)41(2,3)36(43)18-10-8-7-9-11-19-37-42(4,5)40-33-24-23-31(50(47,48)49)28-30(33)22-26-35(40)44(37)27-15-14-20-38(45)46;1-14-20(2,3)19-16-9-5-4-8-15(16)11-12-17(19)21(14)13-7-6-10-18(22)23;6-4-2-1-3-5(7)8;;2*1-4(2)3/h7-13,16-19,21-26,28H,6,14-15,20,27H2,1-5H3,(H-,45,46,47,48,49);4-5,8-9,11-12H,6-7,10,13H2,1-3H3;1-4H2,(H,7,8);1H4;;/p+2. The Kier molecular flexibility index (Phi) is 27.7. The number of fused-ring (bicyclic) bond motifs is 9. The van der Waals surface area contributed by atoms with Gasteiger partial charge in [-0.3, -0.25) is 18.9 Å². The summed E-state index contributed by atoms with van der Waals surface area (Å²) in [5.74, 6) is -2.22. The zero-order chi connectivity index (χ0) is 66.0. The van der Waals surface area contributed by atoms with Crippen molar-refractivity contribution < 1.29 is 77.1 Å². The summed E-state index contributed by atoms with van der Waals surface area (Å²) >= 11 is 3.21. The van der Waals surface area contributed by atoms with Gasteiger partial charge in [-0.15, -0.1) is 25.3 Å². The minimum absolute atomic E-state index is 0. The van der Waals surface area contributed by atoms with Crippen molar-refractivity contribution in [3.8, 4) is 0 Å². The van der Waals surface area contributed by atoms with E-state index in [1.54, 1.807) is 6.07 Å². The molecule has 0 unspecified atom stereocenters. The van der Waals surface area contributed by atoms with Crippen LogP contribution in [-0.2, 0) is 62.0 Å². The monoisotopic (exact) mass is 1360 g/mol. The van der Waals surface area contributed by atoms with Crippen LogP contribution in [0, 0.1) is 0 Å². The van der Waals surface area contributed by atoms with Crippen molar-refractivity contribution in [1.82, 2.24) is 0 Å². The number of anilines is 1. The lowest BCUT2D eigenvalue weighted by Gasteiger charge is -2.26. The summed E-state index contributed by atoms with van der Waals surface area (Å²) in [6.07, 6.45) is 19.8. The first-order chi connectivity index (χ1) is 41.9. The third-order valence-electron chi connectivity index (χ3n) is 16.1. The smallest absolute Gasteiger partial charge is 0.425 e. The fraction of sp³-hybridized carbons (Fsp3) is 0.368. The number of carboxylic acids is 3. The topological polar surface area (TPSA) is 278 Å². The first-order valence-corrected chi connectivity index (χ1v) is 33.6. The molecular formula is C68H82BrN3O15S3+2. The van der Waals surface area contributed by atoms with Gasteiger partial charge in [0.2, 0.25) is 11.4 Å². The minimum atomic E-state index is -4.33. The van der Waals surface area contributed by atoms with E-state index in [9.17, 15) is 32.5 Å². The number of aliphatic carboxylic acids is 3. The van der Waals surface area contributed by atoms with E-state index >= 15 is 0 Å². The van der Waals surface area contributed by atoms with Gasteiger partial charge in [-0.1, -0.05) is 128 Å². The van der Waals surface area contributed by atoms with Crippen molar-refractivity contribution in [3.05, 3.63) is 168 Å². The third-order valence-corrected chi connectivity index (χ3v) is 17.5. The van der Waals surface area contributed by atoms with E-state index < -0.39 is 54.7 Å². The summed E-state index contributed by atoms with van der Waals surface area (Å²) in [4.78, 5) is 34.0. The van der Waals surface area contributed by atoms with Gasteiger partial charge in [0.1, 0.15) is 13.1 Å². The quantitative estimate of drug-likeness (QED) is 0.0182. The minimum Gasteiger partial charge on any atom is -0.481 e. The molecule has 0 amide bonds. The lowest BCUT2D eigenvalue weighted by molar-refractivity contribution is -0.439. The van der Waals surface area contributed by atoms with Crippen LogP contribution in [0.1, 0.15) is 137 Å². The molecule has 0 saturated carbocycles. The van der Waals surface area contributed by atoms with E-state index in [-0.39, 0.29) is 36.0 Å². The third kappa shape index (κ3) is 18.9. The highest BCUT2D eigenvalue weighted by atomic mass is 79.9. The maximum absolute atomic E-state index is 11.8. The van der Waals surface area contributed by atoms with Crippen LogP contribution in [0.25, 0.3) is 32.3 Å². The molecule has 0 atom stereocenters. The molecule has 0 aliphatic carbocycles. The predicted octanol–water partition coefficient (Wildman–Crippen LogP) is 14.0. The van der Waals surface area contributed by atoms with Crippen LogP contribution in [0.15, 0.2) is 156 Å². The van der Waals surface area contributed by atoms with Gasteiger partial charge in [-0.25, -0.2) is 0 Å². The molecule has 9 rings (SSSR count). The fourth-order valence-electron chi connectivity index (χ4n) is 11.9. The molecule has 0 spiro atoms. The Morgan fingerprint density at radius 1 is 0.556 bits per heavy atom.